The Morgan fingerprint density at radius 3 is 1.46 bits per heavy atom. The molecular formula is C54H36N2. The summed E-state index contributed by atoms with van der Waals surface area (Å²) in [4.78, 5) is 0. The van der Waals surface area contributed by atoms with Gasteiger partial charge in [0.05, 0.1) is 22.1 Å². The lowest BCUT2D eigenvalue weighted by molar-refractivity contribution is 1.18. The first-order valence-electron chi connectivity index (χ1n) is 19.2. The van der Waals surface area contributed by atoms with Gasteiger partial charge >= 0.3 is 0 Å². The van der Waals surface area contributed by atoms with Crippen LogP contribution in [0.25, 0.3) is 104 Å². The zero-order valence-corrected chi connectivity index (χ0v) is 30.8. The summed E-state index contributed by atoms with van der Waals surface area (Å²) >= 11 is 0. The molecule has 0 aliphatic heterocycles. The van der Waals surface area contributed by atoms with Crippen LogP contribution in [0.15, 0.2) is 207 Å². The molecule has 0 atom stereocenters. The van der Waals surface area contributed by atoms with Crippen LogP contribution in [0.5, 0.6) is 0 Å². The Labute approximate surface area is 324 Å². The quantitative estimate of drug-likeness (QED) is 0.120. The molecule has 0 aliphatic rings. The van der Waals surface area contributed by atoms with Gasteiger partial charge in [0.15, 0.2) is 0 Å². The van der Waals surface area contributed by atoms with Gasteiger partial charge < -0.3 is 9.13 Å². The minimum absolute atomic E-state index is 1.05. The third kappa shape index (κ3) is 4.76. The van der Waals surface area contributed by atoms with E-state index in [1.807, 2.05) is 12.2 Å². The highest BCUT2D eigenvalue weighted by Crippen LogP contribution is 2.40. The molecule has 2 nitrogen and oxygen atoms in total. The molecule has 9 aromatic carbocycles. The topological polar surface area (TPSA) is 9.86 Å². The maximum atomic E-state index is 4.00. The number of para-hydroxylation sites is 2. The maximum absolute atomic E-state index is 4.00. The normalized spacial score (nSPS) is 12.2. The molecule has 0 N–H and O–H groups in total. The highest BCUT2D eigenvalue weighted by molar-refractivity contribution is 6.25. The van der Waals surface area contributed by atoms with Crippen molar-refractivity contribution in [2.24, 2.45) is 0 Å². The maximum Gasteiger partial charge on any atom is 0.0547 e. The average Bonchev–Trinajstić information content (AvgIpc) is 3.78. The van der Waals surface area contributed by atoms with Crippen molar-refractivity contribution in [2.45, 2.75) is 0 Å². The van der Waals surface area contributed by atoms with Crippen LogP contribution in [0, 0.1) is 0 Å². The molecule has 0 saturated heterocycles. The third-order valence-electron chi connectivity index (χ3n) is 11.6. The highest BCUT2D eigenvalue weighted by atomic mass is 15.0. The summed E-state index contributed by atoms with van der Waals surface area (Å²) in [7, 11) is 0. The minimum Gasteiger partial charge on any atom is -0.309 e. The van der Waals surface area contributed by atoms with Gasteiger partial charge in [0, 0.05) is 32.9 Å². The number of rotatable bonds is 6. The van der Waals surface area contributed by atoms with Crippen molar-refractivity contribution in [3.8, 4) is 22.5 Å². The van der Waals surface area contributed by atoms with E-state index in [0.717, 1.165) is 22.5 Å². The van der Waals surface area contributed by atoms with Crippen molar-refractivity contribution in [3.05, 3.63) is 213 Å². The molecule has 0 aliphatic carbocycles. The molecular weight excluding hydrogens is 677 g/mol. The Kier molecular flexibility index (Phi) is 7.20. The van der Waals surface area contributed by atoms with E-state index < -0.39 is 0 Å². The molecule has 0 bridgehead atoms. The molecule has 0 radical (unpaired) electrons. The SMILES string of the molecule is C=C/C=C(\C=C)c1ccc(-n2c3ccccc3c3cc(-c4ccc5c6ccccc6n(-c6ccc7c8ccccc8c8ccccc8c7c6)c5c4)ccc32)cc1. The molecule has 2 heterocycles. The summed E-state index contributed by atoms with van der Waals surface area (Å²) < 4.78 is 4.82. The second-order valence-electron chi connectivity index (χ2n) is 14.6. The van der Waals surface area contributed by atoms with Crippen molar-refractivity contribution in [3.63, 3.8) is 0 Å². The molecule has 56 heavy (non-hydrogen) atoms. The van der Waals surface area contributed by atoms with E-state index in [0.29, 0.717) is 0 Å². The summed E-state index contributed by atoms with van der Waals surface area (Å²) in [6.07, 6.45) is 5.67. The molecule has 2 aromatic heterocycles. The largest absolute Gasteiger partial charge is 0.309 e. The number of aromatic nitrogens is 2. The molecule has 0 unspecified atom stereocenters. The Bertz CT molecular complexity index is 3410. The van der Waals surface area contributed by atoms with Gasteiger partial charge in [-0.2, -0.15) is 0 Å². The van der Waals surface area contributed by atoms with E-state index in [4.69, 9.17) is 0 Å². The molecule has 2 heteroatoms. The fourth-order valence-corrected chi connectivity index (χ4v) is 9.11. The predicted octanol–water partition coefficient (Wildman–Crippen LogP) is 14.8. The zero-order chi connectivity index (χ0) is 37.3. The Balaban J connectivity index is 1.09. The van der Waals surface area contributed by atoms with Crippen molar-refractivity contribution < 1.29 is 0 Å². The van der Waals surface area contributed by atoms with Crippen LogP contribution < -0.4 is 0 Å². The molecule has 11 aromatic rings. The van der Waals surface area contributed by atoms with Gasteiger partial charge in [-0.15, -0.1) is 0 Å². The fraction of sp³-hybridized carbons (Fsp3) is 0. The van der Waals surface area contributed by atoms with Gasteiger partial charge in [0.1, 0.15) is 0 Å². The van der Waals surface area contributed by atoms with Crippen LogP contribution in [-0.2, 0) is 0 Å². The van der Waals surface area contributed by atoms with Crippen molar-refractivity contribution in [1.82, 2.24) is 9.13 Å². The van der Waals surface area contributed by atoms with Gasteiger partial charge in [0.25, 0.3) is 0 Å². The number of fused-ring (bicyclic) bond motifs is 12. The van der Waals surface area contributed by atoms with E-state index in [2.05, 4.69) is 198 Å². The fourth-order valence-electron chi connectivity index (χ4n) is 9.11. The van der Waals surface area contributed by atoms with E-state index in [-0.39, 0.29) is 0 Å². The molecule has 0 saturated carbocycles. The van der Waals surface area contributed by atoms with Crippen LogP contribution >= 0.6 is 0 Å². The van der Waals surface area contributed by atoms with E-state index >= 15 is 0 Å². The Morgan fingerprint density at radius 2 is 0.821 bits per heavy atom. The van der Waals surface area contributed by atoms with Crippen LogP contribution in [0.3, 0.4) is 0 Å². The molecule has 11 rings (SSSR count). The lowest BCUT2D eigenvalue weighted by Crippen LogP contribution is -1.95. The van der Waals surface area contributed by atoms with Gasteiger partial charge in [-0.05, 0) is 109 Å². The second kappa shape index (κ2) is 12.6. The van der Waals surface area contributed by atoms with Gasteiger partial charge in [-0.3, -0.25) is 0 Å². The molecule has 0 spiro atoms. The van der Waals surface area contributed by atoms with Crippen LogP contribution in [0.1, 0.15) is 5.56 Å². The van der Waals surface area contributed by atoms with Gasteiger partial charge in [0.2, 0.25) is 0 Å². The Hall–Kier alpha value is -7.42. The summed E-state index contributed by atoms with van der Waals surface area (Å²) in [6.45, 7) is 7.87. The average molecular weight is 713 g/mol. The van der Waals surface area contributed by atoms with Gasteiger partial charge in [-0.25, -0.2) is 0 Å². The standard InChI is InChI=1S/C54H36N2/c1-3-13-35(4-2)36-22-26-39(27-23-36)55-52-21-12-10-19-47(52)50-32-37(25-31-53(50)55)38-24-29-48-46-18-9-11-20-51(46)56(54(48)33-38)40-28-30-45-43-16-6-5-14-41(43)42-15-7-8-17-44(42)49(45)34-40/h3-34H,1-2H2/b35-13+. The van der Waals surface area contributed by atoms with Crippen LogP contribution in [-0.4, -0.2) is 9.13 Å². The summed E-state index contributed by atoms with van der Waals surface area (Å²) in [5, 5.41) is 12.7. The lowest BCUT2D eigenvalue weighted by Gasteiger charge is -2.14. The number of hydrogen-bond acceptors (Lipinski definition) is 0. The number of benzene rings is 9. The van der Waals surface area contributed by atoms with Crippen LogP contribution in [0.4, 0.5) is 0 Å². The lowest BCUT2D eigenvalue weighted by atomic mass is 9.94. The first-order chi connectivity index (χ1) is 27.7. The molecule has 0 amide bonds. The molecule has 0 fully saturated rings. The summed E-state index contributed by atoms with van der Waals surface area (Å²) in [6, 6.07) is 64.7. The van der Waals surface area contributed by atoms with Crippen LogP contribution in [0.2, 0.25) is 0 Å². The number of hydrogen-bond donors (Lipinski definition) is 0. The van der Waals surface area contributed by atoms with E-state index in [9.17, 15) is 0 Å². The first-order valence-corrected chi connectivity index (χ1v) is 19.2. The third-order valence-corrected chi connectivity index (χ3v) is 11.6. The zero-order valence-electron chi connectivity index (χ0n) is 30.8. The Morgan fingerprint density at radius 1 is 0.357 bits per heavy atom. The van der Waals surface area contributed by atoms with Gasteiger partial charge in [-0.1, -0.05) is 153 Å². The van der Waals surface area contributed by atoms with E-state index in [1.165, 1.54) is 87.1 Å². The van der Waals surface area contributed by atoms with E-state index in [1.54, 1.807) is 6.08 Å². The monoisotopic (exact) mass is 712 g/mol. The minimum atomic E-state index is 1.05. The number of allylic oxidation sites excluding steroid dienone is 4. The number of nitrogens with zero attached hydrogens (tertiary/aromatic N) is 2. The predicted molar refractivity (Wildman–Crippen MR) is 241 cm³/mol. The van der Waals surface area contributed by atoms with Crippen molar-refractivity contribution >= 4 is 81.5 Å². The summed E-state index contributed by atoms with van der Waals surface area (Å²) in [5.74, 6) is 0. The second-order valence-corrected chi connectivity index (χ2v) is 14.6. The summed E-state index contributed by atoms with van der Waals surface area (Å²) in [5.41, 5.74) is 11.6. The van der Waals surface area contributed by atoms with Crippen molar-refractivity contribution in [1.29, 1.82) is 0 Å². The highest BCUT2D eigenvalue weighted by Gasteiger charge is 2.17. The smallest absolute Gasteiger partial charge is 0.0547 e. The first kappa shape index (κ1) is 32.0. The van der Waals surface area contributed by atoms with Crippen molar-refractivity contribution in [2.75, 3.05) is 0 Å². The molecule has 262 valence electrons.